The van der Waals surface area contributed by atoms with E-state index in [-0.39, 0.29) is 5.41 Å². The highest BCUT2D eigenvalue weighted by molar-refractivity contribution is 5.60. The largest absolute Gasteiger partial charge is 0.303 e. The number of rotatable bonds is 7. The minimum atomic E-state index is -0.0190. The maximum absolute atomic E-state index is 11.9. The highest BCUT2D eigenvalue weighted by Gasteiger charge is 2.42. The minimum absolute atomic E-state index is 0.0190. The van der Waals surface area contributed by atoms with Crippen LogP contribution in [-0.4, -0.2) is 6.29 Å². The molecule has 2 fully saturated rings. The molecule has 0 saturated heterocycles. The van der Waals surface area contributed by atoms with E-state index in [4.69, 9.17) is 0 Å². The van der Waals surface area contributed by atoms with E-state index in [1.165, 1.54) is 89.8 Å². The summed E-state index contributed by atoms with van der Waals surface area (Å²) in [5.41, 5.74) is -0.0190. The molecule has 122 valence electrons. The molecule has 0 aromatic carbocycles. The van der Waals surface area contributed by atoms with Gasteiger partial charge in [-0.25, -0.2) is 0 Å². The molecule has 0 radical (unpaired) electrons. The molecular formula is C20H36O. The normalized spacial score (nSPS) is 30.8. The molecule has 0 bridgehead atoms. The standard InChI is InChI=1S/C20H36O/c1-3-4-6-9-17-12-14-19(15-13-17)20(2,16-21)18-10-7-5-8-11-18/h16-19H,3-15H2,1-2H3. The number of carbonyl (C=O) groups is 1. The lowest BCUT2D eigenvalue weighted by molar-refractivity contribution is -0.124. The van der Waals surface area contributed by atoms with Crippen molar-refractivity contribution in [2.24, 2.45) is 23.2 Å². The van der Waals surface area contributed by atoms with Gasteiger partial charge in [-0.05, 0) is 43.4 Å². The van der Waals surface area contributed by atoms with Crippen molar-refractivity contribution in [1.82, 2.24) is 0 Å². The molecule has 0 aromatic rings. The summed E-state index contributed by atoms with van der Waals surface area (Å²) >= 11 is 0. The summed E-state index contributed by atoms with van der Waals surface area (Å²) in [6, 6.07) is 0. The Labute approximate surface area is 132 Å². The third kappa shape index (κ3) is 4.33. The van der Waals surface area contributed by atoms with Gasteiger partial charge in [-0.1, -0.05) is 71.6 Å². The van der Waals surface area contributed by atoms with Crippen LogP contribution in [-0.2, 0) is 4.79 Å². The quantitative estimate of drug-likeness (QED) is 0.406. The molecule has 0 amide bonds. The second-order valence-electron chi connectivity index (χ2n) is 8.03. The topological polar surface area (TPSA) is 17.1 Å². The first-order valence-corrected chi connectivity index (χ1v) is 9.67. The second-order valence-corrected chi connectivity index (χ2v) is 8.03. The first-order valence-electron chi connectivity index (χ1n) is 9.67. The van der Waals surface area contributed by atoms with E-state index in [9.17, 15) is 4.79 Å². The number of unbranched alkanes of at least 4 members (excludes halogenated alkanes) is 2. The van der Waals surface area contributed by atoms with Gasteiger partial charge < -0.3 is 4.79 Å². The molecule has 0 heterocycles. The summed E-state index contributed by atoms with van der Waals surface area (Å²) < 4.78 is 0. The average Bonchev–Trinajstić information content (AvgIpc) is 2.56. The SMILES string of the molecule is CCCCCC1CCC(C(C)(C=O)C2CCCCC2)CC1. The summed E-state index contributed by atoms with van der Waals surface area (Å²) in [6.07, 6.45) is 19.0. The summed E-state index contributed by atoms with van der Waals surface area (Å²) in [5.74, 6) is 2.29. The van der Waals surface area contributed by atoms with E-state index in [1.54, 1.807) is 0 Å². The molecule has 0 N–H and O–H groups in total. The molecule has 1 heteroatoms. The van der Waals surface area contributed by atoms with Crippen LogP contribution >= 0.6 is 0 Å². The van der Waals surface area contributed by atoms with Gasteiger partial charge in [0.15, 0.2) is 0 Å². The molecule has 0 spiro atoms. The van der Waals surface area contributed by atoms with Crippen molar-refractivity contribution in [3.05, 3.63) is 0 Å². The molecule has 21 heavy (non-hydrogen) atoms. The lowest BCUT2D eigenvalue weighted by Crippen LogP contribution is -2.40. The summed E-state index contributed by atoms with van der Waals surface area (Å²) in [5, 5.41) is 0. The Morgan fingerprint density at radius 3 is 2.10 bits per heavy atom. The smallest absolute Gasteiger partial charge is 0.126 e. The molecule has 2 aliphatic carbocycles. The van der Waals surface area contributed by atoms with Crippen molar-refractivity contribution < 1.29 is 4.79 Å². The summed E-state index contributed by atoms with van der Waals surface area (Å²) in [7, 11) is 0. The molecule has 1 atom stereocenters. The van der Waals surface area contributed by atoms with Gasteiger partial charge in [-0.15, -0.1) is 0 Å². The van der Waals surface area contributed by atoms with Gasteiger partial charge in [0, 0.05) is 5.41 Å². The van der Waals surface area contributed by atoms with E-state index >= 15 is 0 Å². The van der Waals surface area contributed by atoms with E-state index in [1.807, 2.05) is 0 Å². The Morgan fingerprint density at radius 1 is 0.905 bits per heavy atom. The molecule has 2 saturated carbocycles. The fraction of sp³-hybridized carbons (Fsp3) is 0.950. The third-order valence-corrected chi connectivity index (χ3v) is 6.68. The van der Waals surface area contributed by atoms with E-state index < -0.39 is 0 Å². The van der Waals surface area contributed by atoms with Gasteiger partial charge >= 0.3 is 0 Å². The van der Waals surface area contributed by atoms with Gasteiger partial charge in [0.1, 0.15) is 6.29 Å². The maximum Gasteiger partial charge on any atom is 0.126 e. The van der Waals surface area contributed by atoms with Gasteiger partial charge in [0.05, 0.1) is 0 Å². The van der Waals surface area contributed by atoms with Crippen molar-refractivity contribution >= 4 is 6.29 Å². The lowest BCUT2D eigenvalue weighted by Gasteiger charge is -2.44. The third-order valence-electron chi connectivity index (χ3n) is 6.68. The van der Waals surface area contributed by atoms with Crippen LogP contribution in [0.3, 0.4) is 0 Å². The number of carbonyl (C=O) groups excluding carboxylic acids is 1. The Hall–Kier alpha value is -0.330. The van der Waals surface area contributed by atoms with Crippen LogP contribution < -0.4 is 0 Å². The van der Waals surface area contributed by atoms with E-state index in [0.29, 0.717) is 11.8 Å². The molecule has 1 unspecified atom stereocenters. The highest BCUT2D eigenvalue weighted by Crippen LogP contribution is 2.48. The van der Waals surface area contributed by atoms with Crippen molar-refractivity contribution in [1.29, 1.82) is 0 Å². The average molecular weight is 293 g/mol. The predicted molar refractivity (Wildman–Crippen MR) is 90.3 cm³/mol. The van der Waals surface area contributed by atoms with Crippen LogP contribution in [0.2, 0.25) is 0 Å². The zero-order valence-electron chi connectivity index (χ0n) is 14.4. The zero-order chi connectivity index (χ0) is 15.1. The fourth-order valence-corrected chi connectivity index (χ4v) is 5.01. The molecule has 0 aromatic heterocycles. The monoisotopic (exact) mass is 292 g/mol. The highest BCUT2D eigenvalue weighted by atomic mass is 16.1. The van der Waals surface area contributed by atoms with E-state index in [2.05, 4.69) is 13.8 Å². The predicted octanol–water partition coefficient (Wildman–Crippen LogP) is 6.16. The van der Waals surface area contributed by atoms with Crippen molar-refractivity contribution in [3.63, 3.8) is 0 Å². The summed E-state index contributed by atoms with van der Waals surface area (Å²) in [6.45, 7) is 4.58. The van der Waals surface area contributed by atoms with Gasteiger partial charge in [-0.3, -0.25) is 0 Å². The second kappa shape index (κ2) is 8.34. The minimum Gasteiger partial charge on any atom is -0.303 e. The van der Waals surface area contributed by atoms with E-state index in [0.717, 1.165) is 5.92 Å². The van der Waals surface area contributed by atoms with Gasteiger partial charge in [-0.2, -0.15) is 0 Å². The van der Waals surface area contributed by atoms with Crippen molar-refractivity contribution in [2.75, 3.05) is 0 Å². The molecule has 2 aliphatic rings. The van der Waals surface area contributed by atoms with Gasteiger partial charge in [0.2, 0.25) is 0 Å². The number of hydrogen-bond donors (Lipinski definition) is 0. The zero-order valence-corrected chi connectivity index (χ0v) is 14.4. The van der Waals surface area contributed by atoms with Crippen molar-refractivity contribution in [2.45, 2.75) is 97.3 Å². The Morgan fingerprint density at radius 2 is 1.52 bits per heavy atom. The fourth-order valence-electron chi connectivity index (χ4n) is 5.01. The van der Waals surface area contributed by atoms with Crippen LogP contribution in [0.5, 0.6) is 0 Å². The Balaban J connectivity index is 1.84. The van der Waals surface area contributed by atoms with Crippen LogP contribution in [0.1, 0.15) is 97.3 Å². The number of aldehydes is 1. The number of hydrogen-bond acceptors (Lipinski definition) is 1. The molecule has 0 aliphatic heterocycles. The van der Waals surface area contributed by atoms with Crippen LogP contribution in [0.15, 0.2) is 0 Å². The van der Waals surface area contributed by atoms with Crippen molar-refractivity contribution in [3.8, 4) is 0 Å². The molecule has 2 rings (SSSR count). The van der Waals surface area contributed by atoms with Crippen LogP contribution in [0.4, 0.5) is 0 Å². The first-order chi connectivity index (χ1) is 10.2. The Kier molecular flexibility index (Phi) is 6.76. The Bertz CT molecular complexity index is 297. The molecular weight excluding hydrogens is 256 g/mol. The summed E-state index contributed by atoms with van der Waals surface area (Å²) in [4.78, 5) is 11.9. The van der Waals surface area contributed by atoms with Crippen LogP contribution in [0.25, 0.3) is 0 Å². The van der Waals surface area contributed by atoms with Crippen LogP contribution in [0, 0.1) is 23.2 Å². The lowest BCUT2D eigenvalue weighted by atomic mass is 9.59. The molecule has 1 nitrogen and oxygen atoms in total. The maximum atomic E-state index is 11.9. The first kappa shape index (κ1) is 17.0. The van der Waals surface area contributed by atoms with Gasteiger partial charge in [0.25, 0.3) is 0 Å².